The monoisotopic (exact) mass is 427 g/mol. The molecule has 2 aromatic heterocycles. The second kappa shape index (κ2) is 6.86. The molecule has 0 saturated heterocycles. The summed E-state index contributed by atoms with van der Waals surface area (Å²) in [5, 5.41) is 11.6. The number of H-pyrrole nitrogens is 1. The van der Waals surface area contributed by atoms with Crippen LogP contribution in [0.2, 0.25) is 5.02 Å². The lowest BCUT2D eigenvalue weighted by Crippen LogP contribution is -2.20. The molecule has 2 aromatic carbocycles. The number of rotatable bonds is 2. The van der Waals surface area contributed by atoms with E-state index in [-0.39, 0.29) is 27.4 Å². The fourth-order valence-corrected chi connectivity index (χ4v) is 3.80. The van der Waals surface area contributed by atoms with Crippen molar-refractivity contribution in [3.63, 3.8) is 0 Å². The van der Waals surface area contributed by atoms with E-state index in [2.05, 4.69) is 26.3 Å². The molecule has 0 fully saturated rings. The highest BCUT2D eigenvalue weighted by Gasteiger charge is 2.30. The van der Waals surface area contributed by atoms with Gasteiger partial charge in [0, 0.05) is 17.2 Å². The molecule has 0 atom stereocenters. The minimum atomic E-state index is -0.555. The van der Waals surface area contributed by atoms with Crippen molar-refractivity contribution in [2.75, 3.05) is 0 Å². The van der Waals surface area contributed by atoms with Crippen LogP contribution in [0.1, 0.15) is 26.3 Å². The third-order valence-corrected chi connectivity index (χ3v) is 5.18. The quantitative estimate of drug-likeness (QED) is 0.473. The smallest absolute Gasteiger partial charge is 0.260 e. The normalized spacial score (nSPS) is 12.5. The fraction of sp³-hybridized carbons (Fsp3) is 0. The number of aromatic nitrogens is 3. The van der Waals surface area contributed by atoms with Gasteiger partial charge >= 0.3 is 0 Å². The van der Waals surface area contributed by atoms with E-state index in [1.54, 1.807) is 24.3 Å². The lowest BCUT2D eigenvalue weighted by Gasteiger charge is -2.12. The van der Waals surface area contributed by atoms with E-state index in [1.165, 1.54) is 24.3 Å². The van der Waals surface area contributed by atoms with Crippen molar-refractivity contribution in [3.05, 3.63) is 80.6 Å². The van der Waals surface area contributed by atoms with Gasteiger partial charge in [-0.3, -0.25) is 19.7 Å². The first-order valence-electron chi connectivity index (χ1n) is 9.06. The largest absolute Gasteiger partial charge is 0.305 e. The number of benzene rings is 2. The van der Waals surface area contributed by atoms with Crippen molar-refractivity contribution < 1.29 is 9.59 Å². The Hall–Kier alpha value is -4.35. The minimum absolute atomic E-state index is 0.107. The number of carbonyl (C=O) groups excluding carboxylic acids is 2. The van der Waals surface area contributed by atoms with Crippen LogP contribution in [0, 0.1) is 11.3 Å². The van der Waals surface area contributed by atoms with Gasteiger partial charge in [-0.15, -0.1) is 0 Å². The van der Waals surface area contributed by atoms with Gasteiger partial charge in [-0.05, 0) is 30.3 Å². The van der Waals surface area contributed by atoms with Gasteiger partial charge in [0.2, 0.25) is 5.56 Å². The topological polar surface area (TPSA) is 129 Å². The highest BCUT2D eigenvalue weighted by Crippen LogP contribution is 2.35. The molecule has 148 valence electrons. The summed E-state index contributed by atoms with van der Waals surface area (Å²) in [5.74, 6) is -1.10. The van der Waals surface area contributed by atoms with Crippen LogP contribution in [0.25, 0.3) is 33.7 Å². The highest BCUT2D eigenvalue weighted by molar-refractivity contribution is 6.37. The zero-order valence-corrected chi connectivity index (χ0v) is 16.3. The minimum Gasteiger partial charge on any atom is -0.305 e. The van der Waals surface area contributed by atoms with E-state index >= 15 is 0 Å². The molecule has 1 aliphatic heterocycles. The fourth-order valence-electron chi connectivity index (χ4n) is 3.49. The van der Waals surface area contributed by atoms with Crippen molar-refractivity contribution in [3.8, 4) is 28.6 Å². The van der Waals surface area contributed by atoms with E-state index in [9.17, 15) is 19.6 Å². The number of amides is 2. The number of halogens is 1. The predicted molar refractivity (Wildman–Crippen MR) is 113 cm³/mol. The van der Waals surface area contributed by atoms with Crippen molar-refractivity contribution in [1.82, 2.24) is 20.3 Å². The summed E-state index contributed by atoms with van der Waals surface area (Å²) in [6.07, 6.45) is 0. The summed E-state index contributed by atoms with van der Waals surface area (Å²) >= 11 is 6.32. The van der Waals surface area contributed by atoms with Crippen molar-refractivity contribution in [2.24, 2.45) is 0 Å². The van der Waals surface area contributed by atoms with Gasteiger partial charge in [0.15, 0.2) is 5.65 Å². The molecule has 8 nitrogen and oxygen atoms in total. The lowest BCUT2D eigenvalue weighted by atomic mass is 9.99. The van der Waals surface area contributed by atoms with Gasteiger partial charge in [-0.2, -0.15) is 5.26 Å². The first-order valence-corrected chi connectivity index (χ1v) is 9.43. The SMILES string of the molecule is N#Cc1cccc(-c2nc3[nH]c(=O)ccc3nc2-c2cc(Cl)c3c(c2)C(=O)NC3=O)c1. The summed E-state index contributed by atoms with van der Waals surface area (Å²) in [6.45, 7) is 0. The average molecular weight is 428 g/mol. The maximum absolute atomic E-state index is 12.2. The maximum atomic E-state index is 12.2. The summed E-state index contributed by atoms with van der Waals surface area (Å²) in [5.41, 5.74) is 2.86. The number of hydrogen-bond donors (Lipinski definition) is 2. The number of nitrogens with zero attached hydrogens (tertiary/aromatic N) is 3. The molecule has 0 radical (unpaired) electrons. The number of pyridine rings is 1. The molecule has 2 N–H and O–H groups in total. The van der Waals surface area contributed by atoms with Gasteiger partial charge in [-0.25, -0.2) is 9.97 Å². The second-order valence-corrected chi connectivity index (χ2v) is 7.24. The molecule has 0 spiro atoms. The van der Waals surface area contributed by atoms with Gasteiger partial charge < -0.3 is 4.98 Å². The Labute approximate surface area is 179 Å². The Kier molecular flexibility index (Phi) is 4.13. The molecule has 0 bridgehead atoms. The highest BCUT2D eigenvalue weighted by atomic mass is 35.5. The number of nitriles is 1. The van der Waals surface area contributed by atoms with Crippen LogP contribution >= 0.6 is 11.6 Å². The van der Waals surface area contributed by atoms with Crippen LogP contribution in [0.15, 0.2) is 53.3 Å². The zero-order valence-electron chi connectivity index (χ0n) is 15.6. The summed E-state index contributed by atoms with van der Waals surface area (Å²) < 4.78 is 0. The van der Waals surface area contributed by atoms with Crippen molar-refractivity contribution in [1.29, 1.82) is 5.26 Å². The van der Waals surface area contributed by atoms with E-state index in [4.69, 9.17) is 11.6 Å². The third kappa shape index (κ3) is 3.04. The van der Waals surface area contributed by atoms with E-state index in [0.717, 1.165) is 0 Å². The first-order chi connectivity index (χ1) is 14.9. The number of carbonyl (C=O) groups is 2. The molecule has 5 rings (SSSR count). The Balaban J connectivity index is 1.84. The van der Waals surface area contributed by atoms with Crippen LogP contribution in [-0.2, 0) is 0 Å². The summed E-state index contributed by atoms with van der Waals surface area (Å²) in [6, 6.07) is 14.8. The standard InChI is InChI=1S/C22H10ClN5O3/c23-14-8-12(7-13-17(14)22(31)28-21(13)30)19-18(11-3-1-2-10(6-11)9-24)27-20-15(25-19)4-5-16(29)26-20/h1-8H,(H,26,27,29)(H,28,30,31). The van der Waals surface area contributed by atoms with Gasteiger partial charge in [0.1, 0.15) is 5.52 Å². The van der Waals surface area contributed by atoms with E-state index in [1.807, 2.05) is 0 Å². The van der Waals surface area contributed by atoms with Gasteiger partial charge in [0.05, 0.1) is 39.2 Å². The Morgan fingerprint density at radius 2 is 1.71 bits per heavy atom. The average Bonchev–Trinajstić information content (AvgIpc) is 3.06. The second-order valence-electron chi connectivity index (χ2n) is 6.83. The molecule has 4 aromatic rings. The Morgan fingerprint density at radius 1 is 0.903 bits per heavy atom. The molecule has 1 aliphatic rings. The van der Waals surface area contributed by atoms with Crippen LogP contribution in [-0.4, -0.2) is 26.8 Å². The number of aromatic amines is 1. The third-order valence-electron chi connectivity index (χ3n) is 4.88. The van der Waals surface area contributed by atoms with Crippen molar-refractivity contribution in [2.45, 2.75) is 0 Å². The maximum Gasteiger partial charge on any atom is 0.260 e. The number of imide groups is 1. The number of hydrogen-bond acceptors (Lipinski definition) is 6. The molecule has 0 aliphatic carbocycles. The van der Waals surface area contributed by atoms with Gasteiger partial charge in [-0.1, -0.05) is 23.7 Å². The summed E-state index contributed by atoms with van der Waals surface area (Å²) in [7, 11) is 0. The van der Waals surface area contributed by atoms with Crippen LogP contribution in [0.5, 0.6) is 0 Å². The predicted octanol–water partition coefficient (Wildman–Crippen LogP) is 3.06. The van der Waals surface area contributed by atoms with Crippen LogP contribution in [0.3, 0.4) is 0 Å². The summed E-state index contributed by atoms with van der Waals surface area (Å²) in [4.78, 5) is 47.8. The zero-order chi connectivity index (χ0) is 21.7. The Bertz CT molecular complexity index is 1550. The first kappa shape index (κ1) is 18.7. The van der Waals surface area contributed by atoms with Gasteiger partial charge in [0.25, 0.3) is 11.8 Å². The molecule has 0 unspecified atom stereocenters. The van der Waals surface area contributed by atoms with Crippen LogP contribution in [0.4, 0.5) is 0 Å². The van der Waals surface area contributed by atoms with E-state index < -0.39 is 11.8 Å². The van der Waals surface area contributed by atoms with E-state index in [0.29, 0.717) is 33.6 Å². The molecule has 2 amide bonds. The van der Waals surface area contributed by atoms with Crippen molar-refractivity contribution >= 4 is 34.6 Å². The molecular formula is C22H10ClN5O3. The van der Waals surface area contributed by atoms with Crippen LogP contribution < -0.4 is 10.9 Å². The molecular weight excluding hydrogens is 418 g/mol. The lowest BCUT2D eigenvalue weighted by molar-refractivity contribution is 0.0879. The molecule has 31 heavy (non-hydrogen) atoms. The number of fused-ring (bicyclic) bond motifs is 2. The number of nitrogens with one attached hydrogen (secondary N) is 2. The molecule has 3 heterocycles. The molecule has 9 heteroatoms. The molecule has 0 saturated carbocycles. The Morgan fingerprint density at radius 3 is 2.52 bits per heavy atom.